The first-order valence-corrected chi connectivity index (χ1v) is 8.73. The van der Waals surface area contributed by atoms with E-state index in [9.17, 15) is 9.59 Å². The number of morpholine rings is 1. The number of esters is 1. The molecule has 1 N–H and O–H groups in total. The minimum absolute atomic E-state index is 0.105. The van der Waals surface area contributed by atoms with Gasteiger partial charge in [0.1, 0.15) is 6.10 Å². The molecule has 0 saturated carbocycles. The van der Waals surface area contributed by atoms with Crippen LogP contribution < -0.4 is 10.2 Å². The van der Waals surface area contributed by atoms with Crippen molar-refractivity contribution in [3.05, 3.63) is 59.7 Å². The number of nitrogens with one attached hydrogen (secondary N) is 1. The maximum atomic E-state index is 12.3. The standard InChI is InChI=1S/C20H20N2O4/c23-19(13-18-16-3-1-2-4-17(16)20(24)26-18)21-14-5-7-15(8-6-14)22-9-11-25-12-10-22/h1-8,18H,9-13H2,(H,21,23)/t18-/m1/s1. The molecule has 0 aromatic heterocycles. The van der Waals surface area contributed by atoms with Crippen molar-refractivity contribution in [2.24, 2.45) is 0 Å². The number of benzene rings is 2. The van der Waals surface area contributed by atoms with Crippen molar-refractivity contribution in [1.29, 1.82) is 0 Å². The third-order valence-electron chi connectivity index (χ3n) is 4.67. The van der Waals surface area contributed by atoms with Gasteiger partial charge >= 0.3 is 5.97 Å². The fourth-order valence-corrected chi connectivity index (χ4v) is 3.33. The van der Waals surface area contributed by atoms with E-state index in [1.165, 1.54) is 0 Å². The average molecular weight is 352 g/mol. The van der Waals surface area contributed by atoms with Gasteiger partial charge in [0.25, 0.3) is 0 Å². The van der Waals surface area contributed by atoms with Crippen LogP contribution in [-0.4, -0.2) is 38.2 Å². The first kappa shape index (κ1) is 16.6. The van der Waals surface area contributed by atoms with Gasteiger partial charge in [-0.1, -0.05) is 18.2 Å². The molecule has 1 saturated heterocycles. The third kappa shape index (κ3) is 3.41. The Morgan fingerprint density at radius 1 is 1.08 bits per heavy atom. The largest absolute Gasteiger partial charge is 0.453 e. The van der Waals surface area contributed by atoms with Gasteiger partial charge < -0.3 is 19.7 Å². The van der Waals surface area contributed by atoms with Gasteiger partial charge in [0.15, 0.2) is 0 Å². The normalized spacial score (nSPS) is 19.0. The molecule has 1 amide bonds. The first-order valence-electron chi connectivity index (χ1n) is 8.73. The molecule has 4 rings (SSSR count). The number of fused-ring (bicyclic) bond motifs is 1. The molecule has 2 heterocycles. The summed E-state index contributed by atoms with van der Waals surface area (Å²) < 4.78 is 10.7. The summed E-state index contributed by atoms with van der Waals surface area (Å²) in [6, 6.07) is 14.9. The number of hydrogen-bond acceptors (Lipinski definition) is 5. The van der Waals surface area contributed by atoms with E-state index in [0.717, 1.165) is 43.2 Å². The summed E-state index contributed by atoms with van der Waals surface area (Å²) in [5, 5.41) is 2.87. The number of carbonyl (C=O) groups is 2. The lowest BCUT2D eigenvalue weighted by Gasteiger charge is -2.28. The molecule has 0 radical (unpaired) electrons. The SMILES string of the molecule is O=C(C[C@H]1OC(=O)c2ccccc21)Nc1ccc(N2CCOCC2)cc1. The topological polar surface area (TPSA) is 67.9 Å². The maximum absolute atomic E-state index is 12.3. The van der Waals surface area contributed by atoms with Crippen LogP contribution >= 0.6 is 0 Å². The smallest absolute Gasteiger partial charge is 0.339 e. The number of rotatable bonds is 4. The fraction of sp³-hybridized carbons (Fsp3) is 0.300. The monoisotopic (exact) mass is 352 g/mol. The summed E-state index contributed by atoms with van der Waals surface area (Å²) in [7, 11) is 0. The van der Waals surface area contributed by atoms with E-state index in [4.69, 9.17) is 9.47 Å². The third-order valence-corrected chi connectivity index (χ3v) is 4.67. The van der Waals surface area contributed by atoms with Gasteiger partial charge in [0.2, 0.25) is 5.91 Å². The predicted octanol–water partition coefficient (Wildman–Crippen LogP) is 2.76. The van der Waals surface area contributed by atoms with E-state index < -0.39 is 6.10 Å². The van der Waals surface area contributed by atoms with Crippen LogP contribution in [0, 0.1) is 0 Å². The van der Waals surface area contributed by atoms with Crippen LogP contribution in [0.25, 0.3) is 0 Å². The van der Waals surface area contributed by atoms with E-state index in [1.807, 2.05) is 36.4 Å². The molecule has 26 heavy (non-hydrogen) atoms. The summed E-state index contributed by atoms with van der Waals surface area (Å²) in [6.45, 7) is 3.22. The Bertz CT molecular complexity index is 813. The van der Waals surface area contributed by atoms with Crippen LogP contribution in [0.3, 0.4) is 0 Å². The van der Waals surface area contributed by atoms with Gasteiger partial charge in [-0.15, -0.1) is 0 Å². The van der Waals surface area contributed by atoms with Crippen LogP contribution in [-0.2, 0) is 14.3 Å². The van der Waals surface area contributed by atoms with E-state index >= 15 is 0 Å². The van der Waals surface area contributed by atoms with Crippen molar-refractivity contribution >= 4 is 23.3 Å². The number of cyclic esters (lactones) is 1. The summed E-state index contributed by atoms with van der Waals surface area (Å²) in [5.41, 5.74) is 3.16. The van der Waals surface area contributed by atoms with E-state index in [-0.39, 0.29) is 18.3 Å². The van der Waals surface area contributed by atoms with Crippen LogP contribution in [0.2, 0.25) is 0 Å². The number of anilines is 2. The molecule has 0 spiro atoms. The van der Waals surface area contributed by atoms with Crippen molar-refractivity contribution in [1.82, 2.24) is 0 Å². The number of amides is 1. The highest BCUT2D eigenvalue weighted by molar-refractivity contribution is 5.96. The van der Waals surface area contributed by atoms with Gasteiger partial charge in [-0.2, -0.15) is 0 Å². The van der Waals surface area contributed by atoms with Crippen molar-refractivity contribution < 1.29 is 19.1 Å². The quantitative estimate of drug-likeness (QED) is 0.857. The molecule has 1 fully saturated rings. The molecule has 0 bridgehead atoms. The van der Waals surface area contributed by atoms with Gasteiger partial charge in [-0.25, -0.2) is 4.79 Å². The Balaban J connectivity index is 1.37. The second kappa shape index (κ2) is 7.17. The van der Waals surface area contributed by atoms with Crippen molar-refractivity contribution in [2.75, 3.05) is 36.5 Å². The summed E-state index contributed by atoms with van der Waals surface area (Å²) >= 11 is 0. The molecular weight excluding hydrogens is 332 g/mol. The highest BCUT2D eigenvalue weighted by Gasteiger charge is 2.32. The second-order valence-corrected chi connectivity index (χ2v) is 6.38. The zero-order chi connectivity index (χ0) is 17.9. The summed E-state index contributed by atoms with van der Waals surface area (Å²) in [4.78, 5) is 26.4. The van der Waals surface area contributed by atoms with Crippen LogP contribution in [0.1, 0.15) is 28.4 Å². The number of carbonyl (C=O) groups excluding carboxylic acids is 2. The summed E-state index contributed by atoms with van der Waals surface area (Å²) in [5.74, 6) is -0.549. The summed E-state index contributed by atoms with van der Waals surface area (Å²) in [6.07, 6.45) is -0.417. The lowest BCUT2D eigenvalue weighted by Crippen LogP contribution is -2.36. The zero-order valence-electron chi connectivity index (χ0n) is 14.3. The Kier molecular flexibility index (Phi) is 4.58. The molecule has 0 unspecified atom stereocenters. The fourth-order valence-electron chi connectivity index (χ4n) is 3.33. The molecule has 6 nitrogen and oxygen atoms in total. The molecule has 2 aliphatic rings. The van der Waals surface area contributed by atoms with Crippen molar-refractivity contribution in [3.8, 4) is 0 Å². The van der Waals surface area contributed by atoms with Crippen LogP contribution in [0.15, 0.2) is 48.5 Å². The Hall–Kier alpha value is -2.86. The molecule has 6 heteroatoms. The highest BCUT2D eigenvalue weighted by atomic mass is 16.5. The number of nitrogens with zero attached hydrogens (tertiary/aromatic N) is 1. The zero-order valence-corrected chi connectivity index (χ0v) is 14.3. The average Bonchev–Trinajstić information content (AvgIpc) is 2.99. The minimum atomic E-state index is -0.522. The molecule has 0 aliphatic carbocycles. The lowest BCUT2D eigenvalue weighted by molar-refractivity contribution is -0.118. The van der Waals surface area contributed by atoms with Crippen molar-refractivity contribution in [2.45, 2.75) is 12.5 Å². The molecule has 2 aliphatic heterocycles. The Morgan fingerprint density at radius 2 is 1.81 bits per heavy atom. The predicted molar refractivity (Wildman–Crippen MR) is 97.3 cm³/mol. The lowest BCUT2D eigenvalue weighted by atomic mass is 10.0. The molecule has 1 atom stereocenters. The van der Waals surface area contributed by atoms with Gasteiger partial charge in [-0.3, -0.25) is 4.79 Å². The van der Waals surface area contributed by atoms with E-state index in [2.05, 4.69) is 10.2 Å². The van der Waals surface area contributed by atoms with Crippen molar-refractivity contribution in [3.63, 3.8) is 0 Å². The molecule has 2 aromatic rings. The minimum Gasteiger partial charge on any atom is -0.453 e. The first-order chi connectivity index (χ1) is 12.7. The van der Waals surface area contributed by atoms with Gasteiger partial charge in [-0.05, 0) is 30.3 Å². The van der Waals surface area contributed by atoms with E-state index in [0.29, 0.717) is 5.56 Å². The number of ether oxygens (including phenoxy) is 2. The maximum Gasteiger partial charge on any atom is 0.339 e. The Labute approximate surface area is 151 Å². The van der Waals surface area contributed by atoms with E-state index in [1.54, 1.807) is 12.1 Å². The second-order valence-electron chi connectivity index (χ2n) is 6.38. The number of hydrogen-bond donors (Lipinski definition) is 1. The van der Waals surface area contributed by atoms with Crippen LogP contribution in [0.5, 0.6) is 0 Å². The molecular formula is C20H20N2O4. The molecule has 134 valence electrons. The molecule has 2 aromatic carbocycles. The van der Waals surface area contributed by atoms with Gasteiger partial charge in [0.05, 0.1) is 25.2 Å². The highest BCUT2D eigenvalue weighted by Crippen LogP contribution is 2.33. The van der Waals surface area contributed by atoms with Crippen LogP contribution in [0.4, 0.5) is 11.4 Å². The van der Waals surface area contributed by atoms with Gasteiger partial charge in [0, 0.05) is 30.0 Å². The Morgan fingerprint density at radius 3 is 2.58 bits per heavy atom.